The Kier molecular flexibility index (Phi) is 8.34. The van der Waals surface area contributed by atoms with Crippen LogP contribution in [0, 0.1) is 0 Å². The summed E-state index contributed by atoms with van der Waals surface area (Å²) >= 11 is 0. The third-order valence-electron chi connectivity index (χ3n) is 4.80. The third kappa shape index (κ3) is 7.37. The van der Waals surface area contributed by atoms with Crippen molar-refractivity contribution in [3.8, 4) is 0 Å². The highest BCUT2D eigenvalue weighted by atomic mass is 16.6. The first kappa shape index (κ1) is 22.2. The molecule has 1 amide bonds. The van der Waals surface area contributed by atoms with Gasteiger partial charge in [0.2, 0.25) is 5.91 Å². The van der Waals surface area contributed by atoms with Gasteiger partial charge >= 0.3 is 5.97 Å². The minimum atomic E-state index is -1.08. The highest BCUT2D eigenvalue weighted by Crippen LogP contribution is 2.08. The van der Waals surface area contributed by atoms with Gasteiger partial charge in [0.05, 0.1) is 6.61 Å². The number of carboxylic acid groups (broad SMARTS) is 1. The Morgan fingerprint density at radius 1 is 0.710 bits per heavy atom. The highest BCUT2D eigenvalue weighted by molar-refractivity contribution is 5.87. The first-order valence-electron chi connectivity index (χ1n) is 10.1. The Balaban J connectivity index is 1.66. The van der Waals surface area contributed by atoms with E-state index in [4.69, 9.17) is 4.84 Å². The molecule has 0 radical (unpaired) electrons. The van der Waals surface area contributed by atoms with Crippen LogP contribution in [0.25, 0.3) is 0 Å². The maximum Gasteiger partial charge on any atom is 0.326 e. The van der Waals surface area contributed by atoms with E-state index in [0.717, 1.165) is 16.7 Å². The second-order valence-electron chi connectivity index (χ2n) is 7.22. The lowest BCUT2D eigenvalue weighted by atomic mass is 10.0. The third-order valence-corrected chi connectivity index (χ3v) is 4.80. The van der Waals surface area contributed by atoms with Gasteiger partial charge in [0.15, 0.2) is 0 Å². The lowest BCUT2D eigenvalue weighted by molar-refractivity contribution is -0.143. The van der Waals surface area contributed by atoms with Crippen molar-refractivity contribution in [2.45, 2.75) is 31.5 Å². The van der Waals surface area contributed by atoms with Crippen molar-refractivity contribution in [1.29, 1.82) is 0 Å². The SMILES string of the molecule is O=C(O)[C@H](Cc1ccccc1)NC(=O)[C@H](Cc1ccccc1)NOCc1ccccc1. The summed E-state index contributed by atoms with van der Waals surface area (Å²) in [5.41, 5.74) is 5.55. The van der Waals surface area contributed by atoms with Gasteiger partial charge in [-0.15, -0.1) is 0 Å². The molecule has 0 heterocycles. The van der Waals surface area contributed by atoms with Crippen LogP contribution >= 0.6 is 0 Å². The van der Waals surface area contributed by atoms with Gasteiger partial charge in [-0.25, -0.2) is 4.79 Å². The number of nitrogens with one attached hydrogen (secondary N) is 2. The summed E-state index contributed by atoms with van der Waals surface area (Å²) in [4.78, 5) is 30.3. The van der Waals surface area contributed by atoms with E-state index < -0.39 is 24.0 Å². The fourth-order valence-corrected chi connectivity index (χ4v) is 3.16. The molecule has 0 fully saturated rings. The number of hydrogen-bond donors (Lipinski definition) is 3. The quantitative estimate of drug-likeness (QED) is 0.417. The molecule has 0 aliphatic heterocycles. The van der Waals surface area contributed by atoms with Crippen LogP contribution in [0.1, 0.15) is 16.7 Å². The lowest BCUT2D eigenvalue weighted by Crippen LogP contribution is -2.51. The van der Waals surface area contributed by atoms with Crippen LogP contribution in [0.5, 0.6) is 0 Å². The predicted octanol–water partition coefficient (Wildman–Crippen LogP) is 3.13. The maximum absolute atomic E-state index is 13.0. The largest absolute Gasteiger partial charge is 0.480 e. The summed E-state index contributed by atoms with van der Waals surface area (Å²) in [6.07, 6.45) is 0.560. The smallest absolute Gasteiger partial charge is 0.326 e. The predicted molar refractivity (Wildman–Crippen MR) is 118 cm³/mol. The molecule has 3 aromatic rings. The van der Waals surface area contributed by atoms with Crippen molar-refractivity contribution in [1.82, 2.24) is 10.8 Å². The molecule has 0 saturated carbocycles. The molecule has 6 nitrogen and oxygen atoms in total. The molecule has 0 aliphatic carbocycles. The van der Waals surface area contributed by atoms with Crippen molar-refractivity contribution >= 4 is 11.9 Å². The molecule has 2 atom stereocenters. The van der Waals surface area contributed by atoms with E-state index in [1.165, 1.54) is 0 Å². The van der Waals surface area contributed by atoms with E-state index in [9.17, 15) is 14.7 Å². The summed E-state index contributed by atoms with van der Waals surface area (Å²) in [6, 6.07) is 26.5. The average Bonchev–Trinajstić information content (AvgIpc) is 2.80. The van der Waals surface area contributed by atoms with Crippen LogP contribution in [-0.2, 0) is 33.9 Å². The van der Waals surface area contributed by atoms with Crippen LogP contribution in [0.3, 0.4) is 0 Å². The van der Waals surface area contributed by atoms with Crippen LogP contribution in [0.15, 0.2) is 91.0 Å². The molecular formula is C25H26N2O4. The number of carboxylic acids is 1. The van der Waals surface area contributed by atoms with Gasteiger partial charge < -0.3 is 10.4 Å². The van der Waals surface area contributed by atoms with E-state index in [1.54, 1.807) is 0 Å². The minimum absolute atomic E-state index is 0.199. The lowest BCUT2D eigenvalue weighted by Gasteiger charge is -2.21. The molecule has 0 aromatic heterocycles. The molecule has 0 spiro atoms. The summed E-state index contributed by atoms with van der Waals surface area (Å²) in [5.74, 6) is -1.51. The molecule has 0 unspecified atom stereocenters. The monoisotopic (exact) mass is 418 g/mol. The van der Waals surface area contributed by atoms with Crippen LogP contribution in [0.4, 0.5) is 0 Å². The number of carbonyl (C=O) groups excluding carboxylic acids is 1. The first-order chi connectivity index (χ1) is 15.1. The maximum atomic E-state index is 13.0. The number of rotatable bonds is 11. The average molecular weight is 418 g/mol. The van der Waals surface area contributed by atoms with Crippen molar-refractivity contribution in [3.63, 3.8) is 0 Å². The zero-order valence-corrected chi connectivity index (χ0v) is 17.1. The topological polar surface area (TPSA) is 87.7 Å². The van der Waals surface area contributed by atoms with Crippen LogP contribution in [0.2, 0.25) is 0 Å². The van der Waals surface area contributed by atoms with E-state index in [1.807, 2.05) is 91.0 Å². The molecule has 6 heteroatoms. The number of aliphatic carboxylic acids is 1. The van der Waals surface area contributed by atoms with Crippen molar-refractivity contribution in [2.75, 3.05) is 0 Å². The van der Waals surface area contributed by atoms with Gasteiger partial charge in [-0.3, -0.25) is 9.63 Å². The Morgan fingerprint density at radius 2 is 1.16 bits per heavy atom. The van der Waals surface area contributed by atoms with Gasteiger partial charge in [0.1, 0.15) is 12.1 Å². The Hall–Kier alpha value is -3.48. The zero-order chi connectivity index (χ0) is 21.9. The number of amides is 1. The highest BCUT2D eigenvalue weighted by Gasteiger charge is 2.26. The fourth-order valence-electron chi connectivity index (χ4n) is 3.16. The first-order valence-corrected chi connectivity index (χ1v) is 10.1. The Labute approximate surface area is 181 Å². The second-order valence-corrected chi connectivity index (χ2v) is 7.22. The summed E-state index contributed by atoms with van der Waals surface area (Å²) in [7, 11) is 0. The molecule has 160 valence electrons. The van der Waals surface area contributed by atoms with Crippen molar-refractivity contribution < 1.29 is 19.5 Å². The molecule has 3 N–H and O–H groups in total. The summed E-state index contributed by atoms with van der Waals surface area (Å²) in [6.45, 7) is 0.284. The fraction of sp³-hybridized carbons (Fsp3) is 0.200. The molecule has 0 bridgehead atoms. The number of hydrogen-bond acceptors (Lipinski definition) is 4. The van der Waals surface area contributed by atoms with Gasteiger partial charge in [0, 0.05) is 6.42 Å². The zero-order valence-electron chi connectivity index (χ0n) is 17.1. The second kappa shape index (κ2) is 11.6. The van der Waals surface area contributed by atoms with Crippen molar-refractivity contribution in [2.24, 2.45) is 0 Å². The molecular weight excluding hydrogens is 392 g/mol. The standard InChI is InChI=1S/C25H26N2O4/c28-24(26-23(25(29)30)17-20-12-6-2-7-13-20)22(16-19-10-4-1-5-11-19)27-31-18-21-14-8-3-9-15-21/h1-15,22-23,27H,16-18H2,(H,26,28)(H,29,30)/t22-,23-/m0/s1. The summed E-state index contributed by atoms with van der Waals surface area (Å²) in [5, 5.41) is 12.3. The molecule has 3 aromatic carbocycles. The van der Waals surface area contributed by atoms with Crippen molar-refractivity contribution in [3.05, 3.63) is 108 Å². The van der Waals surface area contributed by atoms with Crippen LogP contribution < -0.4 is 10.8 Å². The Morgan fingerprint density at radius 3 is 1.65 bits per heavy atom. The van der Waals surface area contributed by atoms with E-state index in [2.05, 4.69) is 10.8 Å². The van der Waals surface area contributed by atoms with E-state index in [0.29, 0.717) is 6.42 Å². The minimum Gasteiger partial charge on any atom is -0.480 e. The molecule has 31 heavy (non-hydrogen) atoms. The molecule has 0 aliphatic rings. The van der Waals surface area contributed by atoms with Gasteiger partial charge in [0.25, 0.3) is 0 Å². The number of benzene rings is 3. The summed E-state index contributed by atoms with van der Waals surface area (Å²) < 4.78 is 0. The molecule has 0 saturated heterocycles. The van der Waals surface area contributed by atoms with Gasteiger partial charge in [-0.05, 0) is 23.1 Å². The number of carbonyl (C=O) groups is 2. The van der Waals surface area contributed by atoms with E-state index >= 15 is 0 Å². The normalized spacial score (nSPS) is 12.6. The van der Waals surface area contributed by atoms with E-state index in [-0.39, 0.29) is 13.0 Å². The number of hydroxylamine groups is 1. The Bertz CT molecular complexity index is 949. The van der Waals surface area contributed by atoms with Gasteiger partial charge in [-0.1, -0.05) is 91.0 Å². The molecule has 3 rings (SSSR count). The van der Waals surface area contributed by atoms with Crippen LogP contribution in [-0.4, -0.2) is 29.1 Å². The van der Waals surface area contributed by atoms with Gasteiger partial charge in [-0.2, -0.15) is 5.48 Å².